The number of ether oxygens (including phenoxy) is 1. The summed E-state index contributed by atoms with van der Waals surface area (Å²) >= 11 is 0. The molecular weight excluding hydrogens is 196 g/mol. The van der Waals surface area contributed by atoms with Gasteiger partial charge in [-0.2, -0.15) is 0 Å². The predicted molar refractivity (Wildman–Crippen MR) is 64.1 cm³/mol. The van der Waals surface area contributed by atoms with Crippen LogP contribution in [0.5, 0.6) is 0 Å². The summed E-state index contributed by atoms with van der Waals surface area (Å²) in [5, 5.41) is 0. The van der Waals surface area contributed by atoms with Crippen LogP contribution in [0.15, 0.2) is 0 Å². The zero-order valence-electron chi connectivity index (χ0n) is 11.0. The Labute approximate surface area is 98.9 Å². The maximum Gasteiger partial charge on any atom is 0.0954 e. The van der Waals surface area contributed by atoms with Crippen molar-refractivity contribution in [3.8, 4) is 0 Å². The van der Waals surface area contributed by atoms with Gasteiger partial charge >= 0.3 is 0 Å². The molecule has 0 unspecified atom stereocenters. The first-order chi connectivity index (χ1) is 7.43. The number of hydrogen-bond acceptors (Lipinski definition) is 1. The van der Waals surface area contributed by atoms with E-state index in [0.29, 0.717) is 16.9 Å². The van der Waals surface area contributed by atoms with Gasteiger partial charge < -0.3 is 4.74 Å². The second kappa shape index (κ2) is 2.39. The van der Waals surface area contributed by atoms with Crippen LogP contribution in [0, 0.1) is 28.6 Å². The summed E-state index contributed by atoms with van der Waals surface area (Å²) in [7, 11) is 0. The van der Waals surface area contributed by atoms with Crippen molar-refractivity contribution in [2.24, 2.45) is 28.6 Å². The van der Waals surface area contributed by atoms with E-state index in [-0.39, 0.29) is 5.60 Å². The lowest BCUT2D eigenvalue weighted by molar-refractivity contribution is 0.0177. The van der Waals surface area contributed by atoms with Gasteiger partial charge in [0, 0.05) is 0 Å². The molecule has 4 rings (SSSR count). The van der Waals surface area contributed by atoms with Gasteiger partial charge in [-0.1, -0.05) is 20.8 Å². The van der Waals surface area contributed by atoms with Gasteiger partial charge in [0.1, 0.15) is 0 Å². The van der Waals surface area contributed by atoms with Crippen molar-refractivity contribution in [1.29, 1.82) is 0 Å². The molecule has 90 valence electrons. The predicted octanol–water partition coefficient (Wildman–Crippen LogP) is 3.63. The molecule has 4 fully saturated rings. The van der Waals surface area contributed by atoms with Crippen LogP contribution in [0.1, 0.15) is 53.4 Å². The third kappa shape index (κ3) is 0.776. The summed E-state index contributed by atoms with van der Waals surface area (Å²) in [4.78, 5) is 0. The van der Waals surface area contributed by atoms with Crippen molar-refractivity contribution >= 4 is 0 Å². The third-order valence-electron chi connectivity index (χ3n) is 7.13. The molecule has 1 heteroatoms. The molecule has 4 aliphatic rings. The number of epoxide rings is 1. The van der Waals surface area contributed by atoms with E-state index in [1.807, 2.05) is 0 Å². The third-order valence-corrected chi connectivity index (χ3v) is 7.13. The van der Waals surface area contributed by atoms with Gasteiger partial charge in [0.2, 0.25) is 0 Å². The molecule has 16 heavy (non-hydrogen) atoms. The van der Waals surface area contributed by atoms with Gasteiger partial charge in [-0.25, -0.2) is 0 Å². The Bertz CT molecular complexity index is 362. The van der Waals surface area contributed by atoms with Crippen LogP contribution in [0.2, 0.25) is 0 Å². The normalized spacial score (nSPS) is 66.2. The standard InChI is InChI=1S/C15H24O/c1-9(2)15-6-5-13(3)8-11(15)14(4)12(16-14)7-10(13)15/h9-12H,5-8H2,1-4H3/t10-,11-,12+,13+,14+,15-/m0/s1. The Balaban J connectivity index is 1.87. The first kappa shape index (κ1) is 9.94. The topological polar surface area (TPSA) is 12.5 Å². The molecule has 0 radical (unpaired) electrons. The molecule has 0 N–H and O–H groups in total. The van der Waals surface area contributed by atoms with Crippen LogP contribution in [0.25, 0.3) is 0 Å². The molecule has 1 nitrogen and oxygen atoms in total. The van der Waals surface area contributed by atoms with Crippen LogP contribution in [0.3, 0.4) is 0 Å². The zero-order valence-corrected chi connectivity index (χ0v) is 11.0. The Hall–Kier alpha value is -0.0400. The summed E-state index contributed by atoms with van der Waals surface area (Å²) < 4.78 is 6.07. The molecule has 0 spiro atoms. The zero-order chi connectivity index (χ0) is 11.3. The lowest BCUT2D eigenvalue weighted by atomic mass is 9.56. The second-order valence-electron chi connectivity index (χ2n) is 7.76. The van der Waals surface area contributed by atoms with Gasteiger partial charge in [0.05, 0.1) is 11.7 Å². The molecule has 1 aliphatic heterocycles. The molecule has 3 aliphatic carbocycles. The van der Waals surface area contributed by atoms with Crippen molar-refractivity contribution < 1.29 is 4.74 Å². The highest BCUT2D eigenvalue weighted by Crippen LogP contribution is 2.79. The lowest BCUT2D eigenvalue weighted by Crippen LogP contribution is -2.46. The first-order valence-corrected chi connectivity index (χ1v) is 7.11. The van der Waals surface area contributed by atoms with E-state index in [1.165, 1.54) is 25.7 Å². The van der Waals surface area contributed by atoms with Crippen LogP contribution < -0.4 is 0 Å². The van der Waals surface area contributed by atoms with Crippen molar-refractivity contribution in [1.82, 2.24) is 0 Å². The van der Waals surface area contributed by atoms with E-state index in [0.717, 1.165) is 17.8 Å². The van der Waals surface area contributed by atoms with Crippen LogP contribution in [0.4, 0.5) is 0 Å². The van der Waals surface area contributed by atoms with E-state index >= 15 is 0 Å². The van der Waals surface area contributed by atoms with Crippen LogP contribution in [-0.2, 0) is 4.74 Å². The number of rotatable bonds is 1. The minimum absolute atomic E-state index is 0.277. The fourth-order valence-corrected chi connectivity index (χ4v) is 6.23. The second-order valence-corrected chi connectivity index (χ2v) is 7.76. The first-order valence-electron chi connectivity index (χ1n) is 7.11. The van der Waals surface area contributed by atoms with Crippen molar-refractivity contribution in [3.05, 3.63) is 0 Å². The molecule has 4 bridgehead atoms. The smallest absolute Gasteiger partial charge is 0.0954 e. The average Bonchev–Trinajstić information content (AvgIpc) is 2.73. The Morgan fingerprint density at radius 3 is 2.56 bits per heavy atom. The minimum Gasteiger partial charge on any atom is -0.366 e. The highest BCUT2D eigenvalue weighted by Gasteiger charge is 2.78. The summed E-state index contributed by atoms with van der Waals surface area (Å²) in [6.45, 7) is 9.88. The summed E-state index contributed by atoms with van der Waals surface area (Å²) in [6.07, 6.45) is 6.39. The van der Waals surface area contributed by atoms with Crippen molar-refractivity contribution in [2.45, 2.75) is 65.1 Å². The van der Waals surface area contributed by atoms with Crippen molar-refractivity contribution in [2.75, 3.05) is 0 Å². The maximum atomic E-state index is 6.07. The minimum atomic E-state index is 0.277. The number of hydrogen-bond donors (Lipinski definition) is 0. The fraction of sp³-hybridized carbons (Fsp3) is 1.00. The fourth-order valence-electron chi connectivity index (χ4n) is 6.23. The van der Waals surface area contributed by atoms with E-state index in [9.17, 15) is 0 Å². The molecule has 0 aromatic carbocycles. The van der Waals surface area contributed by atoms with E-state index in [4.69, 9.17) is 4.74 Å². The lowest BCUT2D eigenvalue weighted by Gasteiger charge is -2.46. The van der Waals surface area contributed by atoms with E-state index in [2.05, 4.69) is 27.7 Å². The monoisotopic (exact) mass is 220 g/mol. The van der Waals surface area contributed by atoms with Crippen molar-refractivity contribution in [3.63, 3.8) is 0 Å². The molecular formula is C15H24O. The summed E-state index contributed by atoms with van der Waals surface area (Å²) in [5.41, 5.74) is 1.57. The Morgan fingerprint density at radius 2 is 1.88 bits per heavy atom. The molecule has 0 aromatic rings. The van der Waals surface area contributed by atoms with Gasteiger partial charge in [0.25, 0.3) is 0 Å². The molecule has 1 heterocycles. The molecule has 0 aromatic heterocycles. The number of fused-ring (bicyclic) bond motifs is 2. The Kier molecular flexibility index (Phi) is 1.48. The molecule has 1 saturated heterocycles. The van der Waals surface area contributed by atoms with E-state index < -0.39 is 0 Å². The van der Waals surface area contributed by atoms with Gasteiger partial charge in [-0.15, -0.1) is 0 Å². The molecule has 3 saturated carbocycles. The van der Waals surface area contributed by atoms with Gasteiger partial charge in [-0.3, -0.25) is 0 Å². The Morgan fingerprint density at radius 1 is 1.12 bits per heavy atom. The molecule has 0 amide bonds. The average molecular weight is 220 g/mol. The van der Waals surface area contributed by atoms with Crippen LogP contribution >= 0.6 is 0 Å². The summed E-state index contributed by atoms with van der Waals surface area (Å²) in [5.74, 6) is 2.67. The van der Waals surface area contributed by atoms with Gasteiger partial charge in [-0.05, 0) is 61.2 Å². The highest BCUT2D eigenvalue weighted by atomic mass is 16.6. The molecule has 6 atom stereocenters. The largest absolute Gasteiger partial charge is 0.366 e. The van der Waals surface area contributed by atoms with Gasteiger partial charge in [0.15, 0.2) is 0 Å². The summed E-state index contributed by atoms with van der Waals surface area (Å²) in [6, 6.07) is 0. The van der Waals surface area contributed by atoms with Crippen LogP contribution in [-0.4, -0.2) is 11.7 Å². The van der Waals surface area contributed by atoms with E-state index in [1.54, 1.807) is 0 Å². The SMILES string of the molecule is CC(C)[C@]12CC[C@]3(C)C[C@H]1[C@@]1(C)O[C@@H]1C[C@@H]32. The maximum absolute atomic E-state index is 6.07. The quantitative estimate of drug-likeness (QED) is 0.615. The highest BCUT2D eigenvalue weighted by molar-refractivity contribution is 5.26.